The standard InChI is InChI=1S/C20H22S10/c1-9-10(2)24-17(23-9)19-27-13(5)15(29-19)21-7-8-22-16-14(6)28-20(30-16)18-25-11(3)12(4)26-18/h7-8H2,1-6H3. The molecule has 10 heteroatoms. The maximum absolute atomic E-state index is 2.28. The molecule has 0 atom stereocenters. The second-order valence-corrected chi connectivity index (χ2v) is 19.7. The summed E-state index contributed by atoms with van der Waals surface area (Å²) in [5.74, 6) is 2.34. The minimum Gasteiger partial charge on any atom is -0.117 e. The summed E-state index contributed by atoms with van der Waals surface area (Å²) >= 11 is 19.8. The fourth-order valence-corrected chi connectivity index (χ4v) is 16.4. The third-order valence-electron chi connectivity index (χ3n) is 4.30. The van der Waals surface area contributed by atoms with Gasteiger partial charge in [0, 0.05) is 21.3 Å². The van der Waals surface area contributed by atoms with Crippen molar-refractivity contribution >= 4 is 118 Å². The summed E-state index contributed by atoms with van der Waals surface area (Å²) in [6, 6.07) is 0. The van der Waals surface area contributed by atoms with Crippen LogP contribution in [0.1, 0.15) is 41.5 Å². The Morgan fingerprint density at radius 2 is 0.667 bits per heavy atom. The molecule has 0 aliphatic carbocycles. The van der Waals surface area contributed by atoms with E-state index in [1.54, 1.807) is 0 Å². The van der Waals surface area contributed by atoms with E-state index >= 15 is 0 Å². The first-order valence-electron chi connectivity index (χ1n) is 9.25. The molecule has 0 saturated heterocycles. The molecule has 4 aliphatic rings. The number of thioether (sulfide) groups is 10. The molecule has 0 amide bonds. The first kappa shape index (κ1) is 25.0. The van der Waals surface area contributed by atoms with E-state index in [9.17, 15) is 0 Å². The molecule has 0 nitrogen and oxygen atoms in total. The number of allylic oxidation sites excluding steroid dienone is 6. The van der Waals surface area contributed by atoms with E-state index < -0.39 is 0 Å². The van der Waals surface area contributed by atoms with Crippen LogP contribution >= 0.6 is 118 Å². The molecule has 4 aliphatic heterocycles. The molecule has 0 radical (unpaired) electrons. The summed E-state index contributed by atoms with van der Waals surface area (Å²) in [4.78, 5) is 8.78. The Balaban J connectivity index is 1.24. The Hall–Kier alpha value is 1.94. The second-order valence-electron chi connectivity index (χ2n) is 6.58. The topological polar surface area (TPSA) is 0 Å². The van der Waals surface area contributed by atoms with Gasteiger partial charge in [-0.25, -0.2) is 0 Å². The van der Waals surface area contributed by atoms with E-state index in [-0.39, 0.29) is 0 Å². The van der Waals surface area contributed by atoms with Crippen molar-refractivity contribution in [2.24, 2.45) is 0 Å². The second kappa shape index (κ2) is 11.1. The number of hydrogen-bond donors (Lipinski definition) is 0. The van der Waals surface area contributed by atoms with Crippen LogP contribution < -0.4 is 0 Å². The van der Waals surface area contributed by atoms with Crippen LogP contribution in [0.3, 0.4) is 0 Å². The zero-order chi connectivity index (χ0) is 21.4. The summed E-state index contributed by atoms with van der Waals surface area (Å²) in [6.45, 7) is 13.5. The molecule has 0 fully saturated rings. The molecule has 0 spiro atoms. The zero-order valence-corrected chi connectivity index (χ0v) is 25.7. The highest BCUT2D eigenvalue weighted by atomic mass is 32.2. The summed E-state index contributed by atoms with van der Waals surface area (Å²) in [5.41, 5.74) is 0. The summed E-state index contributed by atoms with van der Waals surface area (Å²) < 4.78 is 8.93. The first-order valence-corrected chi connectivity index (χ1v) is 17.8. The lowest BCUT2D eigenvalue weighted by molar-refractivity contribution is 1.56. The lowest BCUT2D eigenvalue weighted by Gasteiger charge is -2.05. The Bertz CT molecular complexity index is 850. The van der Waals surface area contributed by atoms with E-state index in [4.69, 9.17) is 0 Å². The van der Waals surface area contributed by atoms with Gasteiger partial charge in [0.15, 0.2) is 0 Å². The van der Waals surface area contributed by atoms with Crippen LogP contribution in [-0.4, -0.2) is 11.5 Å². The quantitative estimate of drug-likeness (QED) is 0.286. The lowest BCUT2D eigenvalue weighted by Crippen LogP contribution is -1.84. The molecule has 4 heterocycles. The van der Waals surface area contributed by atoms with Gasteiger partial charge < -0.3 is 0 Å². The van der Waals surface area contributed by atoms with Crippen molar-refractivity contribution in [1.29, 1.82) is 0 Å². The van der Waals surface area contributed by atoms with Crippen LogP contribution in [0.4, 0.5) is 0 Å². The summed E-state index contributed by atoms with van der Waals surface area (Å²) in [5, 5.41) is 0. The zero-order valence-electron chi connectivity index (χ0n) is 17.5. The minimum absolute atomic E-state index is 1.17. The predicted molar refractivity (Wildman–Crippen MR) is 162 cm³/mol. The lowest BCUT2D eigenvalue weighted by atomic mass is 10.6. The average molecular weight is 583 g/mol. The van der Waals surface area contributed by atoms with Gasteiger partial charge in [-0.05, 0) is 61.2 Å². The van der Waals surface area contributed by atoms with Crippen molar-refractivity contribution in [3.63, 3.8) is 0 Å². The maximum Gasteiger partial charge on any atom is 0.0708 e. The highest BCUT2D eigenvalue weighted by Crippen LogP contribution is 2.63. The molecule has 0 bridgehead atoms. The normalized spacial score (nSPS) is 23.0. The van der Waals surface area contributed by atoms with Crippen LogP contribution in [0.2, 0.25) is 0 Å². The SMILES string of the molecule is CC1=C(C)SC(=C2SC(C)=C(SCCSC3=C(C)SC(=C4SC(C)=C(C)S4)S3)S2)S1. The van der Waals surface area contributed by atoms with Crippen molar-refractivity contribution in [3.8, 4) is 0 Å². The molecule has 30 heavy (non-hydrogen) atoms. The van der Waals surface area contributed by atoms with Gasteiger partial charge >= 0.3 is 0 Å². The molecule has 0 N–H and O–H groups in total. The Kier molecular flexibility index (Phi) is 9.28. The van der Waals surface area contributed by atoms with Gasteiger partial charge in [0.05, 0.1) is 25.4 Å². The van der Waals surface area contributed by atoms with Gasteiger partial charge in [-0.3, -0.25) is 0 Å². The van der Waals surface area contributed by atoms with E-state index in [0.29, 0.717) is 0 Å². The highest BCUT2D eigenvalue weighted by Gasteiger charge is 2.27. The fourth-order valence-electron chi connectivity index (χ4n) is 2.46. The van der Waals surface area contributed by atoms with Gasteiger partial charge in [-0.2, -0.15) is 0 Å². The van der Waals surface area contributed by atoms with Gasteiger partial charge in [0.1, 0.15) is 0 Å². The first-order chi connectivity index (χ1) is 14.3. The predicted octanol–water partition coefficient (Wildman–Crippen LogP) is 11.5. The third-order valence-corrected chi connectivity index (χ3v) is 19.1. The molecule has 162 valence electrons. The van der Waals surface area contributed by atoms with Crippen molar-refractivity contribution in [1.82, 2.24) is 0 Å². The van der Waals surface area contributed by atoms with Crippen molar-refractivity contribution < 1.29 is 0 Å². The smallest absolute Gasteiger partial charge is 0.0708 e. The van der Waals surface area contributed by atoms with Gasteiger partial charge in [-0.1, -0.05) is 94.1 Å². The van der Waals surface area contributed by atoms with Crippen LogP contribution in [0.15, 0.2) is 54.9 Å². The highest BCUT2D eigenvalue weighted by molar-refractivity contribution is 8.39. The van der Waals surface area contributed by atoms with E-state index in [1.165, 1.54) is 66.4 Å². The van der Waals surface area contributed by atoms with Crippen LogP contribution in [0, 0.1) is 0 Å². The molecular weight excluding hydrogens is 561 g/mol. The molecule has 4 rings (SSSR count). The van der Waals surface area contributed by atoms with Gasteiger partial charge in [0.2, 0.25) is 0 Å². The Morgan fingerprint density at radius 3 is 1.00 bits per heavy atom. The van der Waals surface area contributed by atoms with E-state index in [2.05, 4.69) is 41.5 Å². The van der Waals surface area contributed by atoms with E-state index in [0.717, 1.165) is 0 Å². The molecular formula is C20H22S10. The van der Waals surface area contributed by atoms with Crippen LogP contribution in [0.25, 0.3) is 0 Å². The average Bonchev–Trinajstić information content (AvgIpc) is 3.43. The van der Waals surface area contributed by atoms with Crippen molar-refractivity contribution in [3.05, 3.63) is 54.9 Å². The third kappa shape index (κ3) is 5.95. The molecule has 0 aromatic carbocycles. The molecule has 0 aromatic heterocycles. The van der Waals surface area contributed by atoms with Crippen molar-refractivity contribution in [2.75, 3.05) is 11.5 Å². The molecule has 0 saturated carbocycles. The minimum atomic E-state index is 1.17. The number of rotatable bonds is 5. The van der Waals surface area contributed by atoms with E-state index in [1.807, 2.05) is 118 Å². The van der Waals surface area contributed by atoms with Gasteiger partial charge in [-0.15, -0.1) is 23.5 Å². The summed E-state index contributed by atoms with van der Waals surface area (Å²) in [6.07, 6.45) is 0. The maximum atomic E-state index is 2.28. The largest absolute Gasteiger partial charge is 0.117 e. The fraction of sp³-hybridized carbons (Fsp3) is 0.400. The monoisotopic (exact) mass is 582 g/mol. The Morgan fingerprint density at radius 1 is 0.400 bits per heavy atom. The number of hydrogen-bond acceptors (Lipinski definition) is 10. The van der Waals surface area contributed by atoms with Crippen LogP contribution in [-0.2, 0) is 0 Å². The molecule has 0 unspecified atom stereocenters. The van der Waals surface area contributed by atoms with Crippen molar-refractivity contribution in [2.45, 2.75) is 41.5 Å². The summed E-state index contributed by atoms with van der Waals surface area (Å²) in [7, 11) is 0. The molecule has 0 aromatic rings. The van der Waals surface area contributed by atoms with Crippen LogP contribution in [0.5, 0.6) is 0 Å². The Labute approximate surface area is 223 Å². The van der Waals surface area contributed by atoms with Gasteiger partial charge in [0.25, 0.3) is 0 Å².